The van der Waals surface area contributed by atoms with Crippen LogP contribution in [0, 0.1) is 0 Å². The third-order valence-corrected chi connectivity index (χ3v) is 3.56. The summed E-state index contributed by atoms with van der Waals surface area (Å²) < 4.78 is 0. The van der Waals surface area contributed by atoms with Gasteiger partial charge in [0.15, 0.2) is 5.13 Å². The van der Waals surface area contributed by atoms with Gasteiger partial charge in [0.2, 0.25) is 5.91 Å². The predicted octanol–water partition coefficient (Wildman–Crippen LogP) is 1.49. The van der Waals surface area contributed by atoms with Crippen LogP contribution in [0.1, 0.15) is 16.1 Å². The van der Waals surface area contributed by atoms with Gasteiger partial charge >= 0.3 is 0 Å². The van der Waals surface area contributed by atoms with Gasteiger partial charge in [-0.3, -0.25) is 14.9 Å². The van der Waals surface area contributed by atoms with Crippen molar-refractivity contribution in [2.75, 3.05) is 24.3 Å². The number of carbonyl (C=O) groups is 2. The second kappa shape index (κ2) is 6.36. The Morgan fingerprint density at radius 2 is 2.14 bits per heavy atom. The first kappa shape index (κ1) is 15.0. The predicted molar refractivity (Wildman–Crippen MR) is 83.7 cm³/mol. The highest BCUT2D eigenvalue weighted by atomic mass is 32.1. The van der Waals surface area contributed by atoms with Gasteiger partial charge in [0, 0.05) is 30.7 Å². The number of aromatic nitrogens is 1. The van der Waals surface area contributed by atoms with Crippen LogP contribution >= 0.6 is 11.3 Å². The number of hydrogen-bond acceptors (Lipinski definition) is 5. The van der Waals surface area contributed by atoms with Gasteiger partial charge in [-0.15, -0.1) is 11.3 Å². The number of nitrogens with one attached hydrogen (secondary N) is 1. The summed E-state index contributed by atoms with van der Waals surface area (Å²) in [6, 6.07) is 7.28. The maximum absolute atomic E-state index is 12.2. The summed E-state index contributed by atoms with van der Waals surface area (Å²) in [5.41, 5.74) is 7.15. The minimum Gasteiger partial charge on any atom is -0.378 e. The molecule has 2 amide bonds. The molecular formula is C14H16N4O2S. The fourth-order valence-electron chi connectivity index (χ4n) is 1.72. The van der Waals surface area contributed by atoms with E-state index >= 15 is 0 Å². The Labute approximate surface area is 126 Å². The van der Waals surface area contributed by atoms with Crippen LogP contribution < -0.4 is 16.0 Å². The van der Waals surface area contributed by atoms with Gasteiger partial charge in [-0.2, -0.15) is 0 Å². The topological polar surface area (TPSA) is 88.3 Å². The summed E-state index contributed by atoms with van der Waals surface area (Å²) in [6.45, 7) is 0. The van der Waals surface area contributed by atoms with Gasteiger partial charge in [0.1, 0.15) is 0 Å². The Bertz CT molecular complexity index is 666. The maximum atomic E-state index is 12.2. The van der Waals surface area contributed by atoms with Gasteiger partial charge < -0.3 is 10.6 Å². The summed E-state index contributed by atoms with van der Waals surface area (Å²) in [4.78, 5) is 29.1. The summed E-state index contributed by atoms with van der Waals surface area (Å²) in [7, 11) is 3.82. The first-order valence-electron chi connectivity index (χ1n) is 6.27. The minimum atomic E-state index is -0.447. The molecule has 0 fully saturated rings. The van der Waals surface area contributed by atoms with Crippen molar-refractivity contribution in [2.45, 2.75) is 6.42 Å². The van der Waals surface area contributed by atoms with Gasteiger partial charge in [0.25, 0.3) is 5.91 Å². The number of benzene rings is 1. The molecule has 0 saturated carbocycles. The number of thiazole rings is 1. The third kappa shape index (κ3) is 4.03. The normalized spacial score (nSPS) is 10.2. The van der Waals surface area contributed by atoms with E-state index in [2.05, 4.69) is 10.3 Å². The first-order chi connectivity index (χ1) is 9.95. The molecule has 0 atom stereocenters. The average Bonchev–Trinajstić information content (AvgIpc) is 2.85. The highest BCUT2D eigenvalue weighted by Gasteiger charge is 2.11. The maximum Gasteiger partial charge on any atom is 0.257 e. The summed E-state index contributed by atoms with van der Waals surface area (Å²) in [6.07, 6.45) is 0.0719. The summed E-state index contributed by atoms with van der Waals surface area (Å²) in [5, 5.41) is 4.87. The molecule has 0 spiro atoms. The lowest BCUT2D eigenvalue weighted by atomic mass is 10.2. The lowest BCUT2D eigenvalue weighted by Gasteiger charge is -2.13. The average molecular weight is 304 g/mol. The van der Waals surface area contributed by atoms with Gasteiger partial charge in [-0.25, -0.2) is 4.98 Å². The summed E-state index contributed by atoms with van der Waals surface area (Å²) >= 11 is 1.26. The van der Waals surface area contributed by atoms with Crippen LogP contribution in [0.3, 0.4) is 0 Å². The number of primary amides is 1. The van der Waals surface area contributed by atoms with Crippen LogP contribution in [0.25, 0.3) is 0 Å². The molecule has 0 aliphatic heterocycles. The van der Waals surface area contributed by atoms with E-state index in [1.807, 2.05) is 31.1 Å². The van der Waals surface area contributed by atoms with E-state index in [9.17, 15) is 9.59 Å². The highest BCUT2D eigenvalue weighted by molar-refractivity contribution is 7.14. The molecule has 0 aliphatic carbocycles. The molecule has 0 unspecified atom stereocenters. The number of hydrogen-bond donors (Lipinski definition) is 2. The second-order valence-electron chi connectivity index (χ2n) is 4.69. The second-order valence-corrected chi connectivity index (χ2v) is 5.54. The van der Waals surface area contributed by atoms with Crippen molar-refractivity contribution in [3.63, 3.8) is 0 Å². The van der Waals surface area contributed by atoms with E-state index in [-0.39, 0.29) is 12.3 Å². The van der Waals surface area contributed by atoms with Crippen molar-refractivity contribution in [2.24, 2.45) is 5.73 Å². The number of anilines is 2. The molecule has 2 aromatic rings. The Balaban J connectivity index is 2.09. The molecule has 3 N–H and O–H groups in total. The van der Waals surface area contributed by atoms with Crippen LogP contribution in [0.15, 0.2) is 29.6 Å². The number of rotatable bonds is 5. The van der Waals surface area contributed by atoms with E-state index in [4.69, 9.17) is 5.73 Å². The quantitative estimate of drug-likeness (QED) is 0.876. The molecule has 0 radical (unpaired) electrons. The van der Waals surface area contributed by atoms with E-state index < -0.39 is 5.91 Å². The van der Waals surface area contributed by atoms with Gasteiger partial charge in [-0.05, 0) is 18.2 Å². The van der Waals surface area contributed by atoms with Crippen molar-refractivity contribution in [3.8, 4) is 0 Å². The fraction of sp³-hybridized carbons (Fsp3) is 0.214. The number of nitrogens with two attached hydrogens (primary N) is 1. The lowest BCUT2D eigenvalue weighted by Crippen LogP contribution is -2.15. The SMILES string of the molecule is CN(C)c1cccc(C(=O)Nc2nc(CC(N)=O)cs2)c1. The molecule has 21 heavy (non-hydrogen) atoms. The third-order valence-electron chi connectivity index (χ3n) is 2.75. The number of carbonyl (C=O) groups excluding carboxylic acids is 2. The van der Waals surface area contributed by atoms with Crippen molar-refractivity contribution < 1.29 is 9.59 Å². The molecule has 1 aromatic carbocycles. The first-order valence-corrected chi connectivity index (χ1v) is 7.15. The van der Waals surface area contributed by atoms with Crippen LogP contribution in [-0.4, -0.2) is 30.9 Å². The molecule has 7 heteroatoms. The number of amides is 2. The standard InChI is InChI=1S/C14H16N4O2S/c1-18(2)11-5-3-4-9(6-11)13(20)17-14-16-10(8-21-14)7-12(15)19/h3-6,8H,7H2,1-2H3,(H2,15,19)(H,16,17,20). The van der Waals surface area contributed by atoms with E-state index in [0.29, 0.717) is 16.4 Å². The van der Waals surface area contributed by atoms with Crippen LogP contribution in [-0.2, 0) is 11.2 Å². The molecule has 0 saturated heterocycles. The number of nitrogens with zero attached hydrogens (tertiary/aromatic N) is 2. The van der Waals surface area contributed by atoms with Crippen molar-refractivity contribution >= 4 is 34.0 Å². The fourth-order valence-corrected chi connectivity index (χ4v) is 2.42. The molecule has 6 nitrogen and oxygen atoms in total. The molecule has 110 valence electrons. The Hall–Kier alpha value is -2.41. The molecule has 2 rings (SSSR count). The Morgan fingerprint density at radius 3 is 2.81 bits per heavy atom. The zero-order valence-electron chi connectivity index (χ0n) is 11.8. The van der Waals surface area contributed by atoms with Crippen LogP contribution in [0.2, 0.25) is 0 Å². The van der Waals surface area contributed by atoms with Gasteiger partial charge in [0.05, 0.1) is 12.1 Å². The Morgan fingerprint density at radius 1 is 1.38 bits per heavy atom. The highest BCUT2D eigenvalue weighted by Crippen LogP contribution is 2.18. The summed E-state index contributed by atoms with van der Waals surface area (Å²) in [5.74, 6) is -0.685. The van der Waals surface area contributed by atoms with Gasteiger partial charge in [-0.1, -0.05) is 6.07 Å². The van der Waals surface area contributed by atoms with Crippen molar-refractivity contribution in [1.82, 2.24) is 4.98 Å². The molecule has 1 aromatic heterocycles. The largest absolute Gasteiger partial charge is 0.378 e. The monoisotopic (exact) mass is 304 g/mol. The lowest BCUT2D eigenvalue weighted by molar-refractivity contribution is -0.117. The van der Waals surface area contributed by atoms with Crippen LogP contribution in [0.5, 0.6) is 0 Å². The van der Waals surface area contributed by atoms with Crippen molar-refractivity contribution in [3.05, 3.63) is 40.9 Å². The zero-order valence-corrected chi connectivity index (χ0v) is 12.6. The molecule has 1 heterocycles. The van der Waals surface area contributed by atoms with Crippen LogP contribution in [0.4, 0.5) is 10.8 Å². The van der Waals surface area contributed by atoms with E-state index in [1.165, 1.54) is 11.3 Å². The molecule has 0 bridgehead atoms. The smallest absolute Gasteiger partial charge is 0.257 e. The molecular weight excluding hydrogens is 288 g/mol. The zero-order chi connectivity index (χ0) is 15.4. The minimum absolute atomic E-state index is 0.0719. The van der Waals surface area contributed by atoms with E-state index in [0.717, 1.165) is 5.69 Å². The van der Waals surface area contributed by atoms with E-state index in [1.54, 1.807) is 17.5 Å². The molecule has 0 aliphatic rings. The Kier molecular flexibility index (Phi) is 4.54. The van der Waals surface area contributed by atoms with Crippen molar-refractivity contribution in [1.29, 1.82) is 0 Å².